The molecule has 0 aromatic heterocycles. The van der Waals surface area contributed by atoms with E-state index in [-0.39, 0.29) is 18.1 Å². The molecule has 0 saturated carbocycles. The van der Waals surface area contributed by atoms with Crippen molar-refractivity contribution in [2.75, 3.05) is 32.9 Å². The molecule has 2 aromatic carbocycles. The van der Waals surface area contributed by atoms with Gasteiger partial charge in [-0.25, -0.2) is 13.2 Å². The van der Waals surface area contributed by atoms with Crippen molar-refractivity contribution in [3.63, 3.8) is 0 Å². The summed E-state index contributed by atoms with van der Waals surface area (Å²) in [5.41, 5.74) is 0.695. The van der Waals surface area contributed by atoms with Gasteiger partial charge in [0.05, 0.1) is 11.5 Å². The zero-order valence-electron chi connectivity index (χ0n) is 18.1. The molecule has 0 unspecified atom stereocenters. The quantitative estimate of drug-likeness (QED) is 0.280. The van der Waals surface area contributed by atoms with Gasteiger partial charge in [-0.3, -0.25) is 0 Å². The molecule has 0 heterocycles. The van der Waals surface area contributed by atoms with Crippen LogP contribution in [0.5, 0.6) is 11.5 Å². The highest BCUT2D eigenvalue weighted by Crippen LogP contribution is 2.18. The fourth-order valence-electron chi connectivity index (χ4n) is 2.78. The smallest absolute Gasteiger partial charge is 0.330 e. The molecular weight excluding hydrogens is 418 g/mol. The van der Waals surface area contributed by atoms with Crippen LogP contribution in [-0.2, 0) is 19.6 Å². The maximum atomic E-state index is 12.5. The number of carbonyl (C=O) groups excluding carboxylic acids is 1. The minimum atomic E-state index is -3.50. The van der Waals surface area contributed by atoms with E-state index in [0.29, 0.717) is 31.0 Å². The van der Waals surface area contributed by atoms with Crippen LogP contribution in [0.4, 0.5) is 0 Å². The Morgan fingerprint density at radius 1 is 0.871 bits per heavy atom. The Bertz CT molecular complexity index is 949. The molecule has 2 aromatic rings. The summed E-state index contributed by atoms with van der Waals surface area (Å²) in [6, 6.07) is 13.6. The van der Waals surface area contributed by atoms with Gasteiger partial charge in [-0.1, -0.05) is 26.0 Å². The van der Waals surface area contributed by atoms with Gasteiger partial charge in [0.15, 0.2) is 0 Å². The molecule has 2 rings (SSSR count). The molecule has 0 radical (unpaired) electrons. The molecule has 0 N–H and O–H groups in total. The average molecular weight is 448 g/mol. The molecule has 0 amide bonds. The number of ether oxygens (including phenoxy) is 3. The van der Waals surface area contributed by atoms with Crippen molar-refractivity contribution in [3.8, 4) is 11.5 Å². The van der Waals surface area contributed by atoms with Gasteiger partial charge in [0.1, 0.15) is 24.7 Å². The summed E-state index contributed by atoms with van der Waals surface area (Å²) in [7, 11) is -3.50. The molecule has 0 atom stereocenters. The van der Waals surface area contributed by atoms with Crippen LogP contribution in [0, 0.1) is 0 Å². The lowest BCUT2D eigenvalue weighted by Gasteiger charge is -2.18. The monoisotopic (exact) mass is 447 g/mol. The molecule has 0 aliphatic carbocycles. The minimum absolute atomic E-state index is 0.109. The van der Waals surface area contributed by atoms with E-state index in [0.717, 1.165) is 5.75 Å². The Labute approximate surface area is 184 Å². The third kappa shape index (κ3) is 7.41. The second kappa shape index (κ2) is 12.1. The summed E-state index contributed by atoms with van der Waals surface area (Å²) in [6.07, 6.45) is 2.87. The largest absolute Gasteiger partial charge is 0.494 e. The highest BCUT2D eigenvalue weighted by molar-refractivity contribution is 7.89. The first-order valence-corrected chi connectivity index (χ1v) is 11.6. The summed E-state index contributed by atoms with van der Waals surface area (Å²) in [4.78, 5) is 12.1. The molecule has 0 saturated heterocycles. The molecule has 0 aliphatic heterocycles. The average Bonchev–Trinajstić information content (AvgIpc) is 2.77. The minimum Gasteiger partial charge on any atom is -0.494 e. The number of nitrogens with zero attached hydrogens (tertiary/aromatic N) is 1. The van der Waals surface area contributed by atoms with Gasteiger partial charge >= 0.3 is 5.97 Å². The van der Waals surface area contributed by atoms with Crippen molar-refractivity contribution >= 4 is 22.1 Å². The normalized spacial score (nSPS) is 11.6. The van der Waals surface area contributed by atoms with E-state index in [4.69, 9.17) is 14.2 Å². The fourth-order valence-corrected chi connectivity index (χ4v) is 4.23. The molecule has 168 valence electrons. The molecule has 0 spiro atoms. The second-order valence-corrected chi connectivity index (χ2v) is 8.35. The Hall–Kier alpha value is -2.84. The summed E-state index contributed by atoms with van der Waals surface area (Å²) in [5.74, 6) is 0.926. The number of hydrogen-bond donors (Lipinski definition) is 0. The van der Waals surface area contributed by atoms with Crippen molar-refractivity contribution < 1.29 is 27.4 Å². The van der Waals surface area contributed by atoms with Crippen LogP contribution in [0.2, 0.25) is 0 Å². The predicted molar refractivity (Wildman–Crippen MR) is 120 cm³/mol. The second-order valence-electron chi connectivity index (χ2n) is 6.41. The first-order chi connectivity index (χ1) is 14.9. The molecule has 0 fully saturated rings. The topological polar surface area (TPSA) is 82.1 Å². The van der Waals surface area contributed by atoms with Gasteiger partial charge < -0.3 is 14.2 Å². The third-order valence-corrected chi connectivity index (χ3v) is 6.43. The van der Waals surface area contributed by atoms with Crippen molar-refractivity contribution in [1.29, 1.82) is 0 Å². The maximum absolute atomic E-state index is 12.5. The zero-order valence-corrected chi connectivity index (χ0v) is 18.9. The van der Waals surface area contributed by atoms with Gasteiger partial charge in [0.25, 0.3) is 0 Å². The third-order valence-electron chi connectivity index (χ3n) is 4.37. The molecule has 8 heteroatoms. The molecule has 0 bridgehead atoms. The Balaban J connectivity index is 1.79. The fraction of sp³-hybridized carbons (Fsp3) is 0.348. The number of rotatable bonds is 12. The summed E-state index contributed by atoms with van der Waals surface area (Å²) < 4.78 is 42.3. The van der Waals surface area contributed by atoms with E-state index in [1.165, 1.54) is 22.5 Å². The van der Waals surface area contributed by atoms with Crippen molar-refractivity contribution in [3.05, 3.63) is 60.2 Å². The lowest BCUT2D eigenvalue weighted by atomic mass is 10.2. The molecular formula is C23H29NO6S. The summed E-state index contributed by atoms with van der Waals surface area (Å²) >= 11 is 0. The van der Waals surface area contributed by atoms with Gasteiger partial charge in [-0.15, -0.1) is 0 Å². The summed E-state index contributed by atoms with van der Waals surface area (Å²) in [6.45, 7) is 7.27. The number of benzene rings is 2. The van der Waals surface area contributed by atoms with Crippen LogP contribution in [0.1, 0.15) is 26.3 Å². The van der Waals surface area contributed by atoms with Gasteiger partial charge in [0, 0.05) is 19.2 Å². The number of hydrogen-bond acceptors (Lipinski definition) is 6. The summed E-state index contributed by atoms with van der Waals surface area (Å²) in [5, 5.41) is 0. The molecule has 7 nitrogen and oxygen atoms in total. The van der Waals surface area contributed by atoms with Crippen LogP contribution in [0.25, 0.3) is 6.08 Å². The van der Waals surface area contributed by atoms with E-state index in [9.17, 15) is 13.2 Å². The Morgan fingerprint density at radius 2 is 1.45 bits per heavy atom. The Kier molecular flexibility index (Phi) is 9.55. The lowest BCUT2D eigenvalue weighted by molar-refractivity contribution is -0.138. The number of sulfonamides is 1. The van der Waals surface area contributed by atoms with Gasteiger partial charge in [-0.05, 0) is 55.0 Å². The van der Waals surface area contributed by atoms with E-state index >= 15 is 0 Å². The maximum Gasteiger partial charge on any atom is 0.330 e. The van der Waals surface area contributed by atoms with E-state index in [1.807, 2.05) is 19.1 Å². The first-order valence-electron chi connectivity index (χ1n) is 10.2. The van der Waals surface area contributed by atoms with Crippen LogP contribution in [0.15, 0.2) is 59.5 Å². The van der Waals surface area contributed by atoms with Crippen molar-refractivity contribution in [1.82, 2.24) is 4.31 Å². The highest BCUT2D eigenvalue weighted by atomic mass is 32.2. The molecule has 0 aliphatic rings. The standard InChI is InChI=1S/C23H29NO6S/c1-4-24(5-2)31(26,27)22-14-7-19(8-15-22)9-16-23(25)30-18-17-29-21-12-10-20(11-13-21)28-6-3/h7-16H,4-6,17-18H2,1-3H3. The SMILES string of the molecule is CCOc1ccc(OCCOC(=O)C=Cc2ccc(S(=O)(=O)N(CC)CC)cc2)cc1. The van der Waals surface area contributed by atoms with E-state index in [1.54, 1.807) is 44.2 Å². The van der Waals surface area contributed by atoms with Crippen LogP contribution in [0.3, 0.4) is 0 Å². The van der Waals surface area contributed by atoms with E-state index < -0.39 is 16.0 Å². The predicted octanol–water partition coefficient (Wildman–Crippen LogP) is 3.75. The van der Waals surface area contributed by atoms with Crippen LogP contribution < -0.4 is 9.47 Å². The first kappa shape index (κ1) is 24.4. The number of esters is 1. The van der Waals surface area contributed by atoms with E-state index in [2.05, 4.69) is 0 Å². The van der Waals surface area contributed by atoms with Crippen LogP contribution >= 0.6 is 0 Å². The molecule has 31 heavy (non-hydrogen) atoms. The number of carbonyl (C=O) groups is 1. The highest BCUT2D eigenvalue weighted by Gasteiger charge is 2.20. The van der Waals surface area contributed by atoms with Gasteiger partial charge in [-0.2, -0.15) is 4.31 Å². The van der Waals surface area contributed by atoms with Crippen molar-refractivity contribution in [2.45, 2.75) is 25.7 Å². The zero-order chi connectivity index (χ0) is 22.7. The van der Waals surface area contributed by atoms with Crippen LogP contribution in [-0.4, -0.2) is 51.6 Å². The van der Waals surface area contributed by atoms with Gasteiger partial charge in [0.2, 0.25) is 10.0 Å². The lowest BCUT2D eigenvalue weighted by Crippen LogP contribution is -2.30. The van der Waals surface area contributed by atoms with Crippen molar-refractivity contribution in [2.24, 2.45) is 0 Å². The Morgan fingerprint density at radius 3 is 2.00 bits per heavy atom.